The molecule has 1 fully saturated rings. The van der Waals surface area contributed by atoms with Crippen molar-refractivity contribution in [3.8, 4) is 11.3 Å². The molecule has 160 valence electrons. The van der Waals surface area contributed by atoms with Crippen molar-refractivity contribution in [2.45, 2.75) is 58.1 Å². The van der Waals surface area contributed by atoms with Gasteiger partial charge in [0.25, 0.3) is 0 Å². The Hall–Kier alpha value is -3.03. The Morgan fingerprint density at radius 1 is 1.20 bits per heavy atom. The highest BCUT2D eigenvalue weighted by Gasteiger charge is 2.30. The van der Waals surface area contributed by atoms with Crippen LogP contribution in [0.4, 0.5) is 10.3 Å². The van der Waals surface area contributed by atoms with E-state index < -0.39 is 17.4 Å². The molecule has 3 rings (SSSR count). The lowest BCUT2D eigenvalue weighted by molar-refractivity contribution is -0.161. The van der Waals surface area contributed by atoms with Gasteiger partial charge in [-0.3, -0.25) is 4.79 Å². The summed E-state index contributed by atoms with van der Waals surface area (Å²) in [6.07, 6.45) is 3.95. The molecule has 1 aliphatic carbocycles. The summed E-state index contributed by atoms with van der Waals surface area (Å²) in [6, 6.07) is 6.03. The highest BCUT2D eigenvalue weighted by molar-refractivity contribution is 5.89. The van der Waals surface area contributed by atoms with Gasteiger partial charge in [-0.1, -0.05) is 12.1 Å². The van der Waals surface area contributed by atoms with Crippen LogP contribution < -0.4 is 5.32 Å². The van der Waals surface area contributed by atoms with Crippen molar-refractivity contribution >= 4 is 17.9 Å². The van der Waals surface area contributed by atoms with Gasteiger partial charge in [0.15, 0.2) is 5.82 Å². The second-order valence-electron chi connectivity index (χ2n) is 8.50. The van der Waals surface area contributed by atoms with Gasteiger partial charge in [0.05, 0.1) is 17.7 Å². The predicted molar refractivity (Wildman–Crippen MR) is 110 cm³/mol. The number of aromatic carboxylic acids is 1. The number of nitrogens with one attached hydrogen (secondary N) is 1. The fourth-order valence-corrected chi connectivity index (χ4v) is 3.48. The molecule has 0 unspecified atom stereocenters. The van der Waals surface area contributed by atoms with Crippen LogP contribution in [-0.4, -0.2) is 38.7 Å². The second kappa shape index (κ2) is 8.77. The third kappa shape index (κ3) is 5.52. The van der Waals surface area contributed by atoms with Crippen LogP contribution in [0.5, 0.6) is 0 Å². The Balaban J connectivity index is 1.66. The number of carboxylic acid groups (broad SMARTS) is 1. The number of esters is 1. The number of benzene rings is 1. The first-order chi connectivity index (χ1) is 14.1. The SMILES string of the molecule is CC(C)(C)OC(=O)[C@H]1CC[C@H](Nc2ncc(F)c(-c3cccc(C(=O)O)c3)n2)CC1. The molecule has 0 amide bonds. The largest absolute Gasteiger partial charge is 0.478 e. The molecule has 1 saturated carbocycles. The molecule has 30 heavy (non-hydrogen) atoms. The second-order valence-corrected chi connectivity index (χ2v) is 8.50. The van der Waals surface area contributed by atoms with Crippen LogP contribution >= 0.6 is 0 Å². The van der Waals surface area contributed by atoms with Crippen LogP contribution in [0.1, 0.15) is 56.8 Å². The Morgan fingerprint density at radius 2 is 1.90 bits per heavy atom. The number of aromatic nitrogens is 2. The summed E-state index contributed by atoms with van der Waals surface area (Å²) in [5.41, 5.74) is -0.0346. The quantitative estimate of drug-likeness (QED) is 0.702. The zero-order valence-electron chi connectivity index (χ0n) is 17.3. The van der Waals surface area contributed by atoms with Gasteiger partial charge >= 0.3 is 11.9 Å². The van der Waals surface area contributed by atoms with E-state index in [9.17, 15) is 14.0 Å². The standard InChI is InChI=1S/C22H26FN3O4/c1-22(2,3)30-20(29)13-7-9-16(10-8-13)25-21-24-12-17(23)18(26-21)14-5-4-6-15(11-14)19(27)28/h4-6,11-13,16H,7-10H2,1-3H3,(H,27,28)(H,24,25,26)/t13-,16-. The molecule has 1 aliphatic rings. The monoisotopic (exact) mass is 415 g/mol. The van der Waals surface area contributed by atoms with Crippen molar-refractivity contribution in [3.63, 3.8) is 0 Å². The third-order valence-corrected chi connectivity index (χ3v) is 4.93. The molecule has 0 saturated heterocycles. The maximum absolute atomic E-state index is 14.3. The number of rotatable bonds is 5. The average molecular weight is 415 g/mol. The number of carbonyl (C=O) groups is 2. The number of carbonyl (C=O) groups excluding carboxylic acids is 1. The maximum atomic E-state index is 14.3. The van der Waals surface area contributed by atoms with E-state index in [1.807, 2.05) is 20.8 Å². The highest BCUT2D eigenvalue weighted by Crippen LogP contribution is 2.29. The molecule has 0 atom stereocenters. The molecule has 8 heteroatoms. The van der Waals surface area contributed by atoms with Gasteiger partial charge in [-0.05, 0) is 58.6 Å². The molecule has 1 aromatic heterocycles. The predicted octanol–water partition coefficient (Wildman–Crippen LogP) is 4.29. The van der Waals surface area contributed by atoms with Crippen LogP contribution in [0.25, 0.3) is 11.3 Å². The van der Waals surface area contributed by atoms with Gasteiger partial charge < -0.3 is 15.2 Å². The van der Waals surface area contributed by atoms with Gasteiger partial charge in [0, 0.05) is 11.6 Å². The van der Waals surface area contributed by atoms with Crippen molar-refractivity contribution in [1.29, 1.82) is 0 Å². The van der Waals surface area contributed by atoms with Gasteiger partial charge in [-0.25, -0.2) is 19.2 Å². The first-order valence-corrected chi connectivity index (χ1v) is 9.98. The lowest BCUT2D eigenvalue weighted by Crippen LogP contribution is -2.34. The summed E-state index contributed by atoms with van der Waals surface area (Å²) in [4.78, 5) is 31.7. The number of carboxylic acids is 1. The van der Waals surface area contributed by atoms with Gasteiger partial charge in [0.1, 0.15) is 11.3 Å². The summed E-state index contributed by atoms with van der Waals surface area (Å²) >= 11 is 0. The zero-order valence-corrected chi connectivity index (χ0v) is 17.3. The molecular formula is C22H26FN3O4. The molecule has 2 aromatic rings. The van der Waals surface area contributed by atoms with Gasteiger partial charge in [0.2, 0.25) is 5.95 Å². The van der Waals surface area contributed by atoms with Crippen LogP contribution in [0.2, 0.25) is 0 Å². The number of ether oxygens (including phenoxy) is 1. The van der Waals surface area contributed by atoms with Crippen LogP contribution in [-0.2, 0) is 9.53 Å². The van der Waals surface area contributed by atoms with Crippen LogP contribution in [0.3, 0.4) is 0 Å². The van der Waals surface area contributed by atoms with Crippen molar-refractivity contribution < 1.29 is 23.8 Å². The summed E-state index contributed by atoms with van der Waals surface area (Å²) < 4.78 is 19.8. The maximum Gasteiger partial charge on any atom is 0.335 e. The lowest BCUT2D eigenvalue weighted by Gasteiger charge is -2.30. The minimum atomic E-state index is -1.09. The van der Waals surface area contributed by atoms with Crippen LogP contribution in [0, 0.1) is 11.7 Å². The van der Waals surface area contributed by atoms with E-state index in [-0.39, 0.29) is 35.1 Å². The Kier molecular flexibility index (Phi) is 6.34. The first-order valence-electron chi connectivity index (χ1n) is 9.98. The average Bonchev–Trinajstić information content (AvgIpc) is 2.69. The number of nitrogens with zero attached hydrogens (tertiary/aromatic N) is 2. The number of hydrogen-bond acceptors (Lipinski definition) is 6. The molecule has 1 heterocycles. The van der Waals surface area contributed by atoms with Crippen molar-refractivity contribution in [2.75, 3.05) is 5.32 Å². The Morgan fingerprint density at radius 3 is 2.53 bits per heavy atom. The zero-order chi connectivity index (χ0) is 21.9. The van der Waals surface area contributed by atoms with E-state index >= 15 is 0 Å². The van der Waals surface area contributed by atoms with E-state index in [4.69, 9.17) is 9.84 Å². The van der Waals surface area contributed by atoms with Gasteiger partial charge in [-0.15, -0.1) is 0 Å². The minimum Gasteiger partial charge on any atom is -0.478 e. The van der Waals surface area contributed by atoms with E-state index in [1.165, 1.54) is 12.1 Å². The molecule has 0 radical (unpaired) electrons. The van der Waals surface area contributed by atoms with Crippen LogP contribution in [0.15, 0.2) is 30.5 Å². The van der Waals surface area contributed by atoms with E-state index in [0.29, 0.717) is 18.4 Å². The highest BCUT2D eigenvalue weighted by atomic mass is 19.1. The van der Waals surface area contributed by atoms with Crippen molar-refractivity contribution in [2.24, 2.45) is 5.92 Å². The van der Waals surface area contributed by atoms with E-state index in [0.717, 1.165) is 19.0 Å². The number of halogens is 1. The molecule has 0 aliphatic heterocycles. The topological polar surface area (TPSA) is 101 Å². The lowest BCUT2D eigenvalue weighted by atomic mass is 9.86. The summed E-state index contributed by atoms with van der Waals surface area (Å²) in [5, 5.41) is 12.4. The Bertz CT molecular complexity index is 934. The summed E-state index contributed by atoms with van der Waals surface area (Å²) in [6.45, 7) is 5.56. The molecule has 1 aromatic carbocycles. The number of hydrogen-bond donors (Lipinski definition) is 2. The van der Waals surface area contributed by atoms with E-state index in [1.54, 1.807) is 12.1 Å². The van der Waals surface area contributed by atoms with Crippen molar-refractivity contribution in [3.05, 3.63) is 41.8 Å². The van der Waals surface area contributed by atoms with Gasteiger partial charge in [-0.2, -0.15) is 0 Å². The summed E-state index contributed by atoms with van der Waals surface area (Å²) in [5.74, 6) is -1.73. The molecule has 2 N–H and O–H groups in total. The minimum absolute atomic E-state index is 0.0399. The Labute approximate surface area is 174 Å². The fourth-order valence-electron chi connectivity index (χ4n) is 3.48. The molecule has 7 nitrogen and oxygen atoms in total. The smallest absolute Gasteiger partial charge is 0.335 e. The van der Waals surface area contributed by atoms with E-state index in [2.05, 4.69) is 15.3 Å². The van der Waals surface area contributed by atoms with Crippen molar-refractivity contribution in [1.82, 2.24) is 9.97 Å². The number of anilines is 1. The molecule has 0 bridgehead atoms. The molecular weight excluding hydrogens is 389 g/mol. The normalized spacial score (nSPS) is 19.2. The molecule has 0 spiro atoms. The first kappa shape index (κ1) is 21.7. The third-order valence-electron chi connectivity index (χ3n) is 4.93. The fraction of sp³-hybridized carbons (Fsp3) is 0.455. The summed E-state index contributed by atoms with van der Waals surface area (Å²) in [7, 11) is 0.